The summed E-state index contributed by atoms with van der Waals surface area (Å²) < 4.78 is 20.8. The molecule has 0 radical (unpaired) electrons. The molecule has 0 bridgehead atoms. The molecule has 7 nitrogen and oxygen atoms in total. The highest BCUT2D eigenvalue weighted by atomic mass is 19.1. The van der Waals surface area contributed by atoms with E-state index in [-0.39, 0.29) is 36.1 Å². The molecule has 4 N–H and O–H groups in total. The zero-order valence-corrected chi connectivity index (χ0v) is 18.2. The highest BCUT2D eigenvalue weighted by Gasteiger charge is 2.28. The lowest BCUT2D eigenvalue weighted by Gasteiger charge is -2.27. The molecule has 0 saturated heterocycles. The van der Waals surface area contributed by atoms with Gasteiger partial charge in [0.25, 0.3) is 0 Å². The van der Waals surface area contributed by atoms with Gasteiger partial charge in [-0.05, 0) is 37.7 Å². The maximum atomic E-state index is 15.4. The molecular formula is C24H31FN2O5. The van der Waals surface area contributed by atoms with E-state index in [9.17, 15) is 14.7 Å². The van der Waals surface area contributed by atoms with Crippen LogP contribution in [-0.4, -0.2) is 39.9 Å². The van der Waals surface area contributed by atoms with E-state index in [4.69, 9.17) is 9.84 Å². The van der Waals surface area contributed by atoms with E-state index in [1.807, 2.05) is 0 Å². The van der Waals surface area contributed by atoms with Crippen LogP contribution in [0.1, 0.15) is 75.7 Å². The Hall–Kier alpha value is -2.61. The van der Waals surface area contributed by atoms with E-state index >= 15 is 4.39 Å². The predicted octanol–water partition coefficient (Wildman–Crippen LogP) is 4.28. The van der Waals surface area contributed by atoms with Crippen molar-refractivity contribution >= 4 is 22.6 Å². The number of rotatable bonds is 8. The zero-order chi connectivity index (χ0) is 22.7. The van der Waals surface area contributed by atoms with Crippen LogP contribution in [0.5, 0.6) is 5.75 Å². The SMILES string of the molecule is O=C(O)C(O)CCOc1c[nH]c2c(C3CCCC3)c(NC3CCCCC3)c(F)cc2c1=O. The fourth-order valence-electron chi connectivity index (χ4n) is 5.07. The Kier molecular flexibility index (Phi) is 6.98. The first-order valence-corrected chi connectivity index (χ1v) is 11.6. The molecule has 2 aliphatic carbocycles. The molecule has 174 valence electrons. The second-order valence-corrected chi connectivity index (χ2v) is 9.00. The van der Waals surface area contributed by atoms with Crippen molar-refractivity contribution in [1.82, 2.24) is 4.98 Å². The minimum absolute atomic E-state index is 0.0140. The molecule has 8 heteroatoms. The Morgan fingerprint density at radius 3 is 2.56 bits per heavy atom. The van der Waals surface area contributed by atoms with Gasteiger partial charge in [-0.3, -0.25) is 4.79 Å². The van der Waals surface area contributed by atoms with Crippen LogP contribution < -0.4 is 15.5 Å². The standard InChI is InChI=1S/C24H31FN2O5/c25-17-12-16-21(26-13-19(23(16)29)32-11-10-18(28)24(30)31)20(14-6-4-5-7-14)22(17)27-15-8-2-1-3-9-15/h12-15,18,27-28H,1-11H2,(H,26,29)(H,30,31). The Labute approximate surface area is 186 Å². The first-order chi connectivity index (χ1) is 15.5. The summed E-state index contributed by atoms with van der Waals surface area (Å²) >= 11 is 0. The first-order valence-electron chi connectivity index (χ1n) is 11.6. The maximum Gasteiger partial charge on any atom is 0.332 e. The van der Waals surface area contributed by atoms with Crippen molar-refractivity contribution in [3.8, 4) is 5.75 Å². The third-order valence-corrected chi connectivity index (χ3v) is 6.78. The van der Waals surface area contributed by atoms with E-state index in [1.165, 1.54) is 18.7 Å². The Morgan fingerprint density at radius 1 is 1.19 bits per heavy atom. The second kappa shape index (κ2) is 9.90. The van der Waals surface area contributed by atoms with Gasteiger partial charge in [0, 0.05) is 24.2 Å². The number of aromatic nitrogens is 1. The molecule has 0 spiro atoms. The van der Waals surface area contributed by atoms with Gasteiger partial charge in [0.1, 0.15) is 5.82 Å². The van der Waals surface area contributed by atoms with Gasteiger partial charge in [0.15, 0.2) is 11.9 Å². The van der Waals surface area contributed by atoms with Crippen molar-refractivity contribution in [2.24, 2.45) is 0 Å². The van der Waals surface area contributed by atoms with Gasteiger partial charge in [0.2, 0.25) is 5.43 Å². The van der Waals surface area contributed by atoms with Crippen LogP contribution in [-0.2, 0) is 4.79 Å². The Balaban J connectivity index is 1.69. The molecule has 2 aliphatic rings. The average Bonchev–Trinajstić information content (AvgIpc) is 3.31. The van der Waals surface area contributed by atoms with E-state index in [1.54, 1.807) is 0 Å². The van der Waals surface area contributed by atoms with Crippen LogP contribution >= 0.6 is 0 Å². The number of nitrogens with one attached hydrogen (secondary N) is 2. The number of aliphatic hydroxyl groups excluding tert-OH is 1. The summed E-state index contributed by atoms with van der Waals surface area (Å²) in [4.78, 5) is 26.9. The number of hydrogen-bond donors (Lipinski definition) is 4. The largest absolute Gasteiger partial charge is 0.488 e. The smallest absolute Gasteiger partial charge is 0.332 e. The Bertz CT molecular complexity index is 1030. The number of hydrogen-bond acceptors (Lipinski definition) is 5. The van der Waals surface area contributed by atoms with E-state index in [0.717, 1.165) is 56.9 Å². The number of halogens is 1. The molecule has 2 saturated carbocycles. The number of aliphatic carboxylic acids is 1. The van der Waals surface area contributed by atoms with Gasteiger partial charge in [0.05, 0.1) is 23.2 Å². The topological polar surface area (TPSA) is 112 Å². The van der Waals surface area contributed by atoms with Gasteiger partial charge < -0.3 is 25.3 Å². The molecule has 0 amide bonds. The van der Waals surface area contributed by atoms with E-state index in [2.05, 4.69) is 10.3 Å². The molecular weight excluding hydrogens is 415 g/mol. The number of anilines is 1. The molecule has 2 fully saturated rings. The summed E-state index contributed by atoms with van der Waals surface area (Å²) in [5.41, 5.74) is 1.57. The number of H-pyrrole nitrogens is 1. The number of benzene rings is 1. The highest BCUT2D eigenvalue weighted by Crippen LogP contribution is 2.42. The molecule has 1 atom stereocenters. The van der Waals surface area contributed by atoms with Crippen LogP contribution in [0.25, 0.3) is 10.9 Å². The lowest BCUT2D eigenvalue weighted by molar-refractivity contribution is -0.147. The molecule has 4 rings (SSSR count). The third-order valence-electron chi connectivity index (χ3n) is 6.78. The summed E-state index contributed by atoms with van der Waals surface area (Å²) in [5, 5.41) is 21.8. The fraction of sp³-hybridized carbons (Fsp3) is 0.583. The minimum atomic E-state index is -1.56. The molecule has 1 aromatic heterocycles. The molecule has 1 heterocycles. The molecule has 1 unspecified atom stereocenters. The average molecular weight is 447 g/mol. The number of aliphatic hydroxyl groups is 1. The molecule has 0 aliphatic heterocycles. The number of carboxylic acids is 1. The molecule has 32 heavy (non-hydrogen) atoms. The summed E-state index contributed by atoms with van der Waals surface area (Å²) in [5.74, 6) is -1.59. The number of pyridine rings is 1. The van der Waals surface area contributed by atoms with Gasteiger partial charge in [-0.1, -0.05) is 32.1 Å². The zero-order valence-electron chi connectivity index (χ0n) is 18.2. The maximum absolute atomic E-state index is 15.4. The number of carboxylic acid groups (broad SMARTS) is 1. The lowest BCUT2D eigenvalue weighted by Crippen LogP contribution is -2.24. The lowest BCUT2D eigenvalue weighted by atomic mass is 9.90. The van der Waals surface area contributed by atoms with Crippen molar-refractivity contribution in [3.05, 3.63) is 33.9 Å². The van der Waals surface area contributed by atoms with Crippen LogP contribution in [0.4, 0.5) is 10.1 Å². The monoisotopic (exact) mass is 446 g/mol. The highest BCUT2D eigenvalue weighted by molar-refractivity contribution is 5.88. The third kappa shape index (κ3) is 4.75. The number of ether oxygens (including phenoxy) is 1. The summed E-state index contributed by atoms with van der Waals surface area (Å²) in [6.07, 6.45) is 9.38. The van der Waals surface area contributed by atoms with Crippen molar-refractivity contribution in [2.45, 2.75) is 82.3 Å². The molecule has 2 aromatic rings. The quantitative estimate of drug-likeness (QED) is 0.482. The number of fused-ring (bicyclic) bond motifs is 1. The van der Waals surface area contributed by atoms with Crippen molar-refractivity contribution < 1.29 is 24.1 Å². The van der Waals surface area contributed by atoms with Crippen molar-refractivity contribution in [3.63, 3.8) is 0 Å². The Morgan fingerprint density at radius 2 is 1.88 bits per heavy atom. The van der Waals surface area contributed by atoms with Gasteiger partial charge in [-0.2, -0.15) is 0 Å². The summed E-state index contributed by atoms with van der Waals surface area (Å²) in [6.45, 7) is -0.138. The van der Waals surface area contributed by atoms with Crippen LogP contribution in [0, 0.1) is 5.82 Å². The van der Waals surface area contributed by atoms with E-state index < -0.39 is 23.3 Å². The van der Waals surface area contributed by atoms with Crippen molar-refractivity contribution in [1.29, 1.82) is 0 Å². The number of aromatic amines is 1. The van der Waals surface area contributed by atoms with Crippen LogP contribution in [0.15, 0.2) is 17.1 Å². The second-order valence-electron chi connectivity index (χ2n) is 9.00. The number of carbonyl (C=O) groups is 1. The predicted molar refractivity (Wildman–Crippen MR) is 120 cm³/mol. The summed E-state index contributed by atoms with van der Waals surface area (Å²) in [7, 11) is 0. The van der Waals surface area contributed by atoms with Crippen molar-refractivity contribution in [2.75, 3.05) is 11.9 Å². The first kappa shape index (κ1) is 22.6. The van der Waals surface area contributed by atoms with Gasteiger partial charge >= 0.3 is 5.97 Å². The van der Waals surface area contributed by atoms with Gasteiger partial charge in [-0.25, -0.2) is 9.18 Å². The fourth-order valence-corrected chi connectivity index (χ4v) is 5.07. The summed E-state index contributed by atoms with van der Waals surface area (Å²) in [6, 6.07) is 1.52. The molecule has 1 aromatic carbocycles. The normalized spacial score (nSPS) is 18.7. The van der Waals surface area contributed by atoms with Gasteiger partial charge in [-0.15, -0.1) is 0 Å². The minimum Gasteiger partial charge on any atom is -0.488 e. The van der Waals surface area contributed by atoms with E-state index in [0.29, 0.717) is 11.2 Å². The van der Waals surface area contributed by atoms with Crippen LogP contribution in [0.2, 0.25) is 0 Å². The van der Waals surface area contributed by atoms with Crippen LogP contribution in [0.3, 0.4) is 0 Å².